The molecule has 4 N–H and O–H groups in total. The molecule has 0 saturated heterocycles. The first-order chi connectivity index (χ1) is 7.47. The second-order valence-electron chi connectivity index (χ2n) is 3.34. The van der Waals surface area contributed by atoms with Crippen molar-refractivity contribution in [3.8, 4) is 0 Å². The van der Waals surface area contributed by atoms with Crippen LogP contribution in [0.5, 0.6) is 0 Å². The first-order valence-corrected chi connectivity index (χ1v) is 4.61. The normalized spacial score (nSPS) is 10.2. The highest BCUT2D eigenvalue weighted by Crippen LogP contribution is 2.24. The number of benzene rings is 1. The summed E-state index contributed by atoms with van der Waals surface area (Å²) in [4.78, 5) is 12.2. The molecule has 0 unspecified atom stereocenters. The number of nitrogen functional groups attached to an aromatic ring is 1. The van der Waals surface area contributed by atoms with Gasteiger partial charge in [0.05, 0.1) is 17.9 Å². The van der Waals surface area contributed by atoms with E-state index in [0.29, 0.717) is 0 Å². The molecule has 88 valence electrons. The fourth-order valence-corrected chi connectivity index (χ4v) is 1.33. The highest BCUT2D eigenvalue weighted by Gasteiger charge is 2.15. The third kappa shape index (κ3) is 2.40. The van der Waals surface area contributed by atoms with Crippen molar-refractivity contribution in [2.24, 2.45) is 0 Å². The molecule has 1 rings (SSSR count). The van der Waals surface area contributed by atoms with Crippen LogP contribution in [0.15, 0.2) is 12.1 Å². The molecule has 16 heavy (non-hydrogen) atoms. The van der Waals surface area contributed by atoms with Crippen LogP contribution in [0, 0.1) is 5.82 Å². The summed E-state index contributed by atoms with van der Waals surface area (Å²) in [6.07, 6.45) is 0. The molecule has 0 spiro atoms. The summed E-state index contributed by atoms with van der Waals surface area (Å²) in [6, 6.07) is 2.12. The number of nitrogens with zero attached hydrogens (tertiary/aromatic N) is 1. The summed E-state index contributed by atoms with van der Waals surface area (Å²) < 4.78 is 13.5. The van der Waals surface area contributed by atoms with E-state index in [1.165, 1.54) is 4.90 Å². The lowest BCUT2D eigenvalue weighted by molar-refractivity contribution is 0.0698. The van der Waals surface area contributed by atoms with Crippen LogP contribution in [0.4, 0.5) is 15.8 Å². The fourth-order valence-electron chi connectivity index (χ4n) is 1.33. The lowest BCUT2D eigenvalue weighted by Gasteiger charge is -2.19. The number of likely N-dealkylation sites (N-methyl/N-ethyl adjacent to an activating group) is 1. The average molecular weight is 228 g/mol. The Morgan fingerprint density at radius 2 is 2.19 bits per heavy atom. The minimum atomic E-state index is -1.21. The first-order valence-electron chi connectivity index (χ1n) is 4.61. The molecule has 6 heteroatoms. The van der Waals surface area contributed by atoms with E-state index in [1.54, 1.807) is 7.05 Å². The topological polar surface area (TPSA) is 86.8 Å². The van der Waals surface area contributed by atoms with Crippen LogP contribution < -0.4 is 10.6 Å². The van der Waals surface area contributed by atoms with Gasteiger partial charge in [-0.25, -0.2) is 9.18 Å². The number of aromatic carboxylic acids is 1. The highest BCUT2D eigenvalue weighted by atomic mass is 19.1. The molecule has 0 amide bonds. The number of hydrogen-bond acceptors (Lipinski definition) is 4. The molecule has 0 aliphatic heterocycles. The van der Waals surface area contributed by atoms with E-state index >= 15 is 0 Å². The van der Waals surface area contributed by atoms with E-state index in [9.17, 15) is 9.18 Å². The number of anilines is 2. The van der Waals surface area contributed by atoms with Gasteiger partial charge in [-0.2, -0.15) is 0 Å². The maximum atomic E-state index is 13.5. The van der Waals surface area contributed by atoms with Crippen molar-refractivity contribution in [1.82, 2.24) is 0 Å². The van der Waals surface area contributed by atoms with Crippen molar-refractivity contribution in [1.29, 1.82) is 0 Å². The van der Waals surface area contributed by atoms with Crippen molar-refractivity contribution < 1.29 is 19.4 Å². The Hall–Kier alpha value is -1.82. The van der Waals surface area contributed by atoms with Gasteiger partial charge in [0.15, 0.2) is 0 Å². The number of hydrogen-bond donors (Lipinski definition) is 3. The molecule has 0 aliphatic carbocycles. The summed E-state index contributed by atoms with van der Waals surface area (Å²) >= 11 is 0. The Kier molecular flexibility index (Phi) is 3.68. The quantitative estimate of drug-likeness (QED) is 0.654. The van der Waals surface area contributed by atoms with Gasteiger partial charge < -0.3 is 20.8 Å². The van der Waals surface area contributed by atoms with Crippen LogP contribution >= 0.6 is 0 Å². The van der Waals surface area contributed by atoms with Crippen molar-refractivity contribution in [3.05, 3.63) is 23.5 Å². The van der Waals surface area contributed by atoms with Gasteiger partial charge in [0, 0.05) is 19.3 Å². The highest BCUT2D eigenvalue weighted by molar-refractivity contribution is 5.94. The number of rotatable bonds is 4. The molecule has 1 aromatic rings. The lowest BCUT2D eigenvalue weighted by Crippen LogP contribution is -2.23. The largest absolute Gasteiger partial charge is 0.478 e. The predicted octanol–water partition coefficient (Wildman–Crippen LogP) is 0.535. The van der Waals surface area contributed by atoms with Crippen LogP contribution in [0.3, 0.4) is 0 Å². The van der Waals surface area contributed by atoms with E-state index in [2.05, 4.69) is 0 Å². The number of carbonyl (C=O) groups is 1. The maximum Gasteiger partial charge on any atom is 0.337 e. The van der Waals surface area contributed by atoms with Gasteiger partial charge >= 0.3 is 5.97 Å². The molecule has 0 aromatic heterocycles. The predicted molar refractivity (Wildman–Crippen MR) is 58.1 cm³/mol. The third-order valence-electron chi connectivity index (χ3n) is 2.20. The summed E-state index contributed by atoms with van der Waals surface area (Å²) in [6.45, 7) is 0.0582. The summed E-state index contributed by atoms with van der Waals surface area (Å²) in [5.74, 6) is -1.82. The zero-order valence-electron chi connectivity index (χ0n) is 8.77. The molecule has 0 fully saturated rings. The fraction of sp³-hybridized carbons (Fsp3) is 0.300. The van der Waals surface area contributed by atoms with Crippen molar-refractivity contribution in [2.45, 2.75) is 0 Å². The molecule has 0 heterocycles. The first kappa shape index (κ1) is 12.3. The molecular formula is C10H13FN2O3. The van der Waals surface area contributed by atoms with Crippen LogP contribution in [0.25, 0.3) is 0 Å². The Bertz CT molecular complexity index is 409. The van der Waals surface area contributed by atoms with Crippen molar-refractivity contribution in [2.75, 3.05) is 30.8 Å². The second kappa shape index (κ2) is 4.80. The Morgan fingerprint density at radius 3 is 2.69 bits per heavy atom. The third-order valence-corrected chi connectivity index (χ3v) is 2.20. The minimum Gasteiger partial charge on any atom is -0.478 e. The molecule has 0 bridgehead atoms. The summed E-state index contributed by atoms with van der Waals surface area (Å²) in [5.41, 5.74) is 5.20. The van der Waals surface area contributed by atoms with Gasteiger partial charge in [0.25, 0.3) is 0 Å². The number of carboxylic acids is 1. The molecule has 0 radical (unpaired) electrons. The van der Waals surface area contributed by atoms with Crippen LogP contribution in [0.2, 0.25) is 0 Å². The molecule has 1 aromatic carbocycles. The van der Waals surface area contributed by atoms with Crippen LogP contribution in [-0.4, -0.2) is 36.4 Å². The van der Waals surface area contributed by atoms with Crippen LogP contribution in [-0.2, 0) is 0 Å². The van der Waals surface area contributed by atoms with E-state index in [4.69, 9.17) is 15.9 Å². The number of halogens is 1. The molecular weight excluding hydrogens is 215 g/mol. The number of nitrogens with two attached hydrogens (primary N) is 1. The van der Waals surface area contributed by atoms with E-state index in [-0.39, 0.29) is 30.1 Å². The molecule has 0 atom stereocenters. The van der Waals surface area contributed by atoms with Gasteiger partial charge in [-0.3, -0.25) is 0 Å². The van der Waals surface area contributed by atoms with E-state index in [0.717, 1.165) is 12.1 Å². The summed E-state index contributed by atoms with van der Waals surface area (Å²) in [5, 5.41) is 17.5. The molecule has 0 aliphatic rings. The summed E-state index contributed by atoms with van der Waals surface area (Å²) in [7, 11) is 1.55. The van der Waals surface area contributed by atoms with Gasteiger partial charge in [0.1, 0.15) is 5.82 Å². The van der Waals surface area contributed by atoms with E-state index < -0.39 is 11.8 Å². The maximum absolute atomic E-state index is 13.5. The minimum absolute atomic E-state index is 0.0978. The van der Waals surface area contributed by atoms with E-state index in [1.807, 2.05) is 0 Å². The SMILES string of the molecule is CN(CCO)c1cc(C(=O)O)c(N)cc1F. The number of carboxylic acid groups (broad SMARTS) is 1. The molecule has 0 saturated carbocycles. The smallest absolute Gasteiger partial charge is 0.337 e. The average Bonchev–Trinajstić information content (AvgIpc) is 2.17. The zero-order chi connectivity index (χ0) is 12.3. The van der Waals surface area contributed by atoms with Gasteiger partial charge in [-0.15, -0.1) is 0 Å². The Morgan fingerprint density at radius 1 is 1.56 bits per heavy atom. The monoisotopic (exact) mass is 228 g/mol. The Labute approximate surface area is 91.9 Å². The van der Waals surface area contributed by atoms with Crippen molar-refractivity contribution >= 4 is 17.3 Å². The zero-order valence-corrected chi connectivity index (χ0v) is 8.77. The lowest BCUT2D eigenvalue weighted by atomic mass is 10.1. The molecule has 5 nitrogen and oxygen atoms in total. The standard InChI is InChI=1S/C10H13FN2O3/c1-13(2-3-14)9-4-6(10(15)16)8(12)5-7(9)11/h4-5,14H,2-3,12H2,1H3,(H,15,16). The van der Waals surface area contributed by atoms with Crippen LogP contribution in [0.1, 0.15) is 10.4 Å². The second-order valence-corrected chi connectivity index (χ2v) is 3.34. The van der Waals surface area contributed by atoms with Gasteiger partial charge in [-0.1, -0.05) is 0 Å². The van der Waals surface area contributed by atoms with Gasteiger partial charge in [-0.05, 0) is 12.1 Å². The number of aliphatic hydroxyl groups is 1. The van der Waals surface area contributed by atoms with Crippen molar-refractivity contribution in [3.63, 3.8) is 0 Å². The Balaban J connectivity index is 3.19. The van der Waals surface area contributed by atoms with Gasteiger partial charge in [0.2, 0.25) is 0 Å². The number of aliphatic hydroxyl groups excluding tert-OH is 1.